The van der Waals surface area contributed by atoms with Gasteiger partial charge in [-0.3, -0.25) is 10.2 Å². The lowest BCUT2D eigenvalue weighted by atomic mass is 9.97. The number of carbonyl (C=O) groups is 1. The molecule has 1 fully saturated rings. The number of hydrogen-bond donors (Lipinski definition) is 1. The van der Waals surface area contributed by atoms with Crippen LogP contribution in [-0.4, -0.2) is 35.7 Å². The molecule has 0 spiro atoms. The summed E-state index contributed by atoms with van der Waals surface area (Å²) in [5.41, 5.74) is 3.10. The lowest BCUT2D eigenvalue weighted by molar-refractivity contribution is 0.168. The minimum Gasteiger partial charge on any atom is -0.450 e. The number of benzene rings is 2. The molecule has 0 radical (unpaired) electrons. The standard InChI is InChI=1S/C25H25N3O5/c1-2-31-25(30)26-18-9-10-19-17(12-23(29)32-22(19)13-18)15-28-11-5-6-16(14-28)24-27-20-7-3-4-8-21(20)33-24/h3-4,7-10,12-13,16H,2,5-6,11,14-15H2,1H3,(H,26,30). The van der Waals surface area contributed by atoms with Gasteiger partial charge in [-0.25, -0.2) is 14.6 Å². The molecule has 0 bridgehead atoms. The smallest absolute Gasteiger partial charge is 0.411 e. The van der Waals surface area contributed by atoms with Crippen LogP contribution in [0, 0.1) is 0 Å². The molecule has 5 rings (SSSR count). The van der Waals surface area contributed by atoms with E-state index < -0.39 is 11.7 Å². The fourth-order valence-corrected chi connectivity index (χ4v) is 4.43. The van der Waals surface area contributed by atoms with Crippen molar-refractivity contribution in [3.8, 4) is 0 Å². The number of likely N-dealkylation sites (tertiary alicyclic amines) is 1. The predicted molar refractivity (Wildman–Crippen MR) is 124 cm³/mol. The minimum absolute atomic E-state index is 0.206. The number of fused-ring (bicyclic) bond motifs is 2. The number of aromatic nitrogens is 1. The van der Waals surface area contributed by atoms with Gasteiger partial charge in [-0.15, -0.1) is 0 Å². The molecule has 1 atom stereocenters. The van der Waals surface area contributed by atoms with Gasteiger partial charge in [-0.2, -0.15) is 0 Å². The minimum atomic E-state index is -0.547. The summed E-state index contributed by atoms with van der Waals surface area (Å²) in [4.78, 5) is 31.0. The monoisotopic (exact) mass is 447 g/mol. The summed E-state index contributed by atoms with van der Waals surface area (Å²) in [5, 5.41) is 3.48. The summed E-state index contributed by atoms with van der Waals surface area (Å²) < 4.78 is 16.3. The highest BCUT2D eigenvalue weighted by Crippen LogP contribution is 2.30. The van der Waals surface area contributed by atoms with Crippen LogP contribution in [0.15, 0.2) is 62.2 Å². The SMILES string of the molecule is CCOC(=O)Nc1ccc2c(CN3CCCC(c4nc5ccccc5o4)C3)cc(=O)oc2c1. The fourth-order valence-electron chi connectivity index (χ4n) is 4.43. The summed E-state index contributed by atoms with van der Waals surface area (Å²) in [6.07, 6.45) is 1.49. The third kappa shape index (κ3) is 4.61. The van der Waals surface area contributed by atoms with Crippen molar-refractivity contribution < 1.29 is 18.4 Å². The van der Waals surface area contributed by atoms with E-state index in [-0.39, 0.29) is 12.5 Å². The van der Waals surface area contributed by atoms with E-state index >= 15 is 0 Å². The maximum atomic E-state index is 12.2. The molecule has 8 heteroatoms. The van der Waals surface area contributed by atoms with Gasteiger partial charge in [0.25, 0.3) is 0 Å². The van der Waals surface area contributed by atoms with Crippen molar-refractivity contribution in [1.82, 2.24) is 9.88 Å². The Morgan fingerprint density at radius 1 is 1.18 bits per heavy atom. The Hall–Kier alpha value is -3.65. The van der Waals surface area contributed by atoms with Crippen molar-refractivity contribution in [2.45, 2.75) is 32.2 Å². The molecule has 0 saturated carbocycles. The van der Waals surface area contributed by atoms with Crippen molar-refractivity contribution in [3.63, 3.8) is 0 Å². The Kier molecular flexibility index (Phi) is 5.83. The predicted octanol–water partition coefficient (Wildman–Crippen LogP) is 4.88. The van der Waals surface area contributed by atoms with Crippen LogP contribution in [0.1, 0.15) is 37.1 Å². The van der Waals surface area contributed by atoms with E-state index in [1.165, 1.54) is 0 Å². The van der Waals surface area contributed by atoms with Gasteiger partial charge in [0.05, 0.1) is 6.61 Å². The molecule has 0 aliphatic carbocycles. The van der Waals surface area contributed by atoms with Gasteiger partial charge < -0.3 is 13.6 Å². The van der Waals surface area contributed by atoms with Gasteiger partial charge in [0.2, 0.25) is 0 Å². The van der Waals surface area contributed by atoms with Crippen LogP contribution in [0.3, 0.4) is 0 Å². The lowest BCUT2D eigenvalue weighted by Gasteiger charge is -2.31. The van der Waals surface area contributed by atoms with Crippen LogP contribution in [0.25, 0.3) is 22.1 Å². The molecule has 3 heterocycles. The van der Waals surface area contributed by atoms with Crippen molar-refractivity contribution in [3.05, 3.63) is 70.4 Å². The zero-order valence-electron chi connectivity index (χ0n) is 18.4. The molecule has 1 saturated heterocycles. The molecule has 4 aromatic rings. The third-order valence-electron chi connectivity index (χ3n) is 5.91. The summed E-state index contributed by atoms with van der Waals surface area (Å²) in [5.74, 6) is 0.978. The number of nitrogens with one attached hydrogen (secondary N) is 1. The number of rotatable bonds is 5. The van der Waals surface area contributed by atoms with Gasteiger partial charge in [-0.1, -0.05) is 12.1 Å². The largest absolute Gasteiger partial charge is 0.450 e. The maximum absolute atomic E-state index is 12.2. The Labute approximate surface area is 190 Å². The zero-order chi connectivity index (χ0) is 22.8. The van der Waals surface area contributed by atoms with Gasteiger partial charge >= 0.3 is 11.7 Å². The molecular formula is C25H25N3O5. The number of para-hydroxylation sites is 2. The van der Waals surface area contributed by atoms with E-state index in [0.29, 0.717) is 17.8 Å². The Morgan fingerprint density at radius 3 is 2.91 bits per heavy atom. The molecule has 170 valence electrons. The Morgan fingerprint density at radius 2 is 2.06 bits per heavy atom. The van der Waals surface area contributed by atoms with E-state index in [1.54, 1.807) is 25.1 Å². The van der Waals surface area contributed by atoms with Gasteiger partial charge in [-0.05, 0) is 56.1 Å². The molecule has 1 aliphatic rings. The number of nitrogens with zero attached hydrogens (tertiary/aromatic N) is 2. The van der Waals surface area contributed by atoms with Crippen LogP contribution < -0.4 is 10.9 Å². The van der Waals surface area contributed by atoms with E-state index in [1.807, 2.05) is 30.3 Å². The normalized spacial score (nSPS) is 16.8. The first-order chi connectivity index (χ1) is 16.1. The summed E-state index contributed by atoms with van der Waals surface area (Å²) in [7, 11) is 0. The molecule has 33 heavy (non-hydrogen) atoms. The van der Waals surface area contributed by atoms with Crippen LogP contribution in [0.5, 0.6) is 0 Å². The molecule has 1 unspecified atom stereocenters. The fraction of sp³-hybridized carbons (Fsp3) is 0.320. The highest BCUT2D eigenvalue weighted by Gasteiger charge is 2.26. The molecule has 2 aromatic carbocycles. The maximum Gasteiger partial charge on any atom is 0.411 e. The van der Waals surface area contributed by atoms with Crippen molar-refractivity contribution in [2.24, 2.45) is 0 Å². The van der Waals surface area contributed by atoms with Gasteiger partial charge in [0, 0.05) is 42.2 Å². The van der Waals surface area contributed by atoms with Gasteiger partial charge in [0.15, 0.2) is 11.5 Å². The molecule has 1 N–H and O–H groups in total. The van der Waals surface area contributed by atoms with E-state index in [4.69, 9.17) is 13.6 Å². The highest BCUT2D eigenvalue weighted by atomic mass is 16.5. The van der Waals surface area contributed by atoms with Crippen LogP contribution in [-0.2, 0) is 11.3 Å². The van der Waals surface area contributed by atoms with E-state index in [0.717, 1.165) is 53.9 Å². The average molecular weight is 447 g/mol. The summed E-state index contributed by atoms with van der Waals surface area (Å²) >= 11 is 0. The number of piperidine rings is 1. The second-order valence-electron chi connectivity index (χ2n) is 8.24. The third-order valence-corrected chi connectivity index (χ3v) is 5.91. The Balaban J connectivity index is 1.36. The van der Waals surface area contributed by atoms with Crippen LogP contribution in [0.2, 0.25) is 0 Å². The van der Waals surface area contributed by atoms with Crippen molar-refractivity contribution >= 4 is 33.8 Å². The first-order valence-corrected chi connectivity index (χ1v) is 11.2. The first kappa shape index (κ1) is 21.2. The molecule has 1 amide bonds. The van der Waals surface area contributed by atoms with Crippen molar-refractivity contribution in [2.75, 3.05) is 25.0 Å². The summed E-state index contributed by atoms with van der Waals surface area (Å²) in [6, 6.07) is 14.6. The lowest BCUT2D eigenvalue weighted by Crippen LogP contribution is -2.34. The number of hydrogen-bond acceptors (Lipinski definition) is 7. The quantitative estimate of drug-likeness (QED) is 0.435. The number of oxazole rings is 1. The highest BCUT2D eigenvalue weighted by molar-refractivity contribution is 5.90. The first-order valence-electron chi connectivity index (χ1n) is 11.2. The zero-order valence-corrected chi connectivity index (χ0v) is 18.4. The molecule has 8 nitrogen and oxygen atoms in total. The van der Waals surface area contributed by atoms with Crippen molar-refractivity contribution in [1.29, 1.82) is 0 Å². The topological polar surface area (TPSA) is 97.8 Å². The average Bonchev–Trinajstić information content (AvgIpc) is 3.23. The molecular weight excluding hydrogens is 422 g/mol. The van der Waals surface area contributed by atoms with E-state index in [2.05, 4.69) is 15.2 Å². The van der Waals surface area contributed by atoms with Crippen LogP contribution >= 0.6 is 0 Å². The second-order valence-corrected chi connectivity index (χ2v) is 8.24. The molecule has 1 aliphatic heterocycles. The number of anilines is 1. The Bertz CT molecular complexity index is 1330. The van der Waals surface area contributed by atoms with Crippen LogP contribution in [0.4, 0.5) is 10.5 Å². The number of amides is 1. The summed E-state index contributed by atoms with van der Waals surface area (Å²) in [6.45, 7) is 4.36. The number of carbonyl (C=O) groups excluding carboxylic acids is 1. The molecule has 2 aromatic heterocycles. The second kappa shape index (κ2) is 9.07. The van der Waals surface area contributed by atoms with E-state index in [9.17, 15) is 9.59 Å². The van der Waals surface area contributed by atoms with Gasteiger partial charge in [0.1, 0.15) is 11.1 Å². The number of ether oxygens (including phenoxy) is 1.